The molecular formula is C23H18ClN3O4. The van der Waals surface area contributed by atoms with E-state index in [0.717, 1.165) is 22.4 Å². The van der Waals surface area contributed by atoms with Crippen LogP contribution in [-0.2, 0) is 27.3 Å². The molecule has 156 valence electrons. The fourth-order valence-corrected chi connectivity index (χ4v) is 4.60. The van der Waals surface area contributed by atoms with Crippen LogP contribution < -0.4 is 10.2 Å². The first-order valence-corrected chi connectivity index (χ1v) is 10.3. The number of hydrogen-bond donors (Lipinski definition) is 1. The van der Waals surface area contributed by atoms with E-state index in [-0.39, 0.29) is 17.7 Å². The van der Waals surface area contributed by atoms with Gasteiger partial charge in [-0.2, -0.15) is 0 Å². The van der Waals surface area contributed by atoms with Gasteiger partial charge in [-0.25, -0.2) is 4.98 Å². The minimum absolute atomic E-state index is 0.00135. The maximum atomic E-state index is 12.6. The maximum Gasteiger partial charge on any atom is 0.234 e. The van der Waals surface area contributed by atoms with E-state index in [2.05, 4.69) is 10.3 Å². The van der Waals surface area contributed by atoms with E-state index in [0.29, 0.717) is 42.1 Å². The maximum absolute atomic E-state index is 12.6. The molecule has 2 aromatic carbocycles. The van der Waals surface area contributed by atoms with Crippen LogP contribution in [-0.4, -0.2) is 22.7 Å². The Labute approximate surface area is 183 Å². The van der Waals surface area contributed by atoms with E-state index >= 15 is 0 Å². The molecule has 0 saturated carbocycles. The third kappa shape index (κ3) is 3.51. The number of nitrogens with zero attached hydrogens (tertiary/aromatic N) is 2. The Morgan fingerprint density at radius 3 is 2.84 bits per heavy atom. The van der Waals surface area contributed by atoms with Gasteiger partial charge in [0.05, 0.1) is 29.6 Å². The fraction of sp³-hybridized carbons (Fsp3) is 0.217. The lowest BCUT2D eigenvalue weighted by Crippen LogP contribution is -2.39. The van der Waals surface area contributed by atoms with Gasteiger partial charge in [-0.05, 0) is 35.2 Å². The number of carbonyl (C=O) groups is 3. The molecule has 8 heteroatoms. The van der Waals surface area contributed by atoms with Gasteiger partial charge >= 0.3 is 0 Å². The van der Waals surface area contributed by atoms with Crippen LogP contribution in [0.15, 0.2) is 53.5 Å². The average molecular weight is 436 g/mol. The number of hydrogen-bond acceptors (Lipinski definition) is 5. The molecule has 0 aliphatic carbocycles. The predicted octanol–water partition coefficient (Wildman–Crippen LogP) is 3.60. The number of fused-ring (bicyclic) bond motifs is 1. The van der Waals surface area contributed by atoms with Crippen LogP contribution in [0.4, 0.5) is 5.69 Å². The molecule has 1 N–H and O–H groups in total. The molecule has 0 spiro atoms. The molecule has 1 aromatic heterocycles. The van der Waals surface area contributed by atoms with Crippen molar-refractivity contribution in [2.75, 3.05) is 4.90 Å². The molecule has 31 heavy (non-hydrogen) atoms. The van der Waals surface area contributed by atoms with Crippen LogP contribution in [0.3, 0.4) is 0 Å². The van der Waals surface area contributed by atoms with E-state index in [1.165, 1.54) is 12.7 Å². The average Bonchev–Trinajstić information content (AvgIpc) is 3.36. The van der Waals surface area contributed by atoms with Crippen LogP contribution in [0.25, 0.3) is 11.1 Å². The van der Waals surface area contributed by atoms with Crippen molar-refractivity contribution in [2.45, 2.75) is 31.7 Å². The molecule has 0 bridgehead atoms. The van der Waals surface area contributed by atoms with Gasteiger partial charge in [0.2, 0.25) is 17.7 Å². The van der Waals surface area contributed by atoms with E-state index < -0.39 is 5.92 Å². The number of benzene rings is 2. The summed E-state index contributed by atoms with van der Waals surface area (Å²) in [6, 6.07) is 11.4. The van der Waals surface area contributed by atoms with E-state index in [1.54, 1.807) is 4.90 Å². The highest BCUT2D eigenvalue weighted by atomic mass is 35.5. The second kappa shape index (κ2) is 7.67. The van der Waals surface area contributed by atoms with Crippen LogP contribution in [0, 0.1) is 0 Å². The van der Waals surface area contributed by atoms with Crippen LogP contribution >= 0.6 is 11.6 Å². The van der Waals surface area contributed by atoms with Crippen LogP contribution in [0.5, 0.6) is 0 Å². The molecule has 3 amide bonds. The molecule has 3 heterocycles. The third-order valence-electron chi connectivity index (χ3n) is 5.77. The van der Waals surface area contributed by atoms with Gasteiger partial charge in [-0.1, -0.05) is 35.9 Å². The first-order chi connectivity index (χ1) is 15.0. The molecule has 0 radical (unpaired) electrons. The van der Waals surface area contributed by atoms with E-state index in [1.807, 2.05) is 36.4 Å². The standard InChI is InChI=1S/C23H18ClN3O4/c24-22-16(2-1-3-17(22)18-5-7-20(28)26-23(18)30)13-4-6-19-14(8-13)9-21(29)27(19)10-15-11-31-12-25-15/h1-4,6,8,11-12,18H,5,7,9-10H2,(H,26,28,30). The Balaban J connectivity index is 1.47. The molecule has 1 saturated heterocycles. The normalized spacial score (nSPS) is 18.3. The number of imide groups is 1. The first-order valence-electron chi connectivity index (χ1n) is 9.94. The predicted molar refractivity (Wildman–Crippen MR) is 113 cm³/mol. The summed E-state index contributed by atoms with van der Waals surface area (Å²) in [6.45, 7) is 0.355. The van der Waals surface area contributed by atoms with Crippen molar-refractivity contribution in [1.29, 1.82) is 0 Å². The van der Waals surface area contributed by atoms with Crippen molar-refractivity contribution in [3.8, 4) is 11.1 Å². The van der Waals surface area contributed by atoms with Crippen molar-refractivity contribution in [1.82, 2.24) is 10.3 Å². The zero-order valence-electron chi connectivity index (χ0n) is 16.4. The summed E-state index contributed by atoms with van der Waals surface area (Å²) in [6.07, 6.45) is 3.89. The summed E-state index contributed by atoms with van der Waals surface area (Å²) in [7, 11) is 0. The molecule has 2 aliphatic heterocycles. The highest BCUT2D eigenvalue weighted by molar-refractivity contribution is 6.34. The summed E-state index contributed by atoms with van der Waals surface area (Å²) < 4.78 is 5.00. The highest BCUT2D eigenvalue weighted by Crippen LogP contribution is 2.39. The molecule has 1 unspecified atom stereocenters. The quantitative estimate of drug-likeness (QED) is 0.632. The number of oxazole rings is 1. The van der Waals surface area contributed by atoms with Crippen molar-refractivity contribution in [3.63, 3.8) is 0 Å². The number of aromatic nitrogens is 1. The second-order valence-electron chi connectivity index (χ2n) is 7.69. The molecule has 5 rings (SSSR count). The van der Waals surface area contributed by atoms with Crippen LogP contribution in [0.2, 0.25) is 5.02 Å². The van der Waals surface area contributed by atoms with Gasteiger partial charge < -0.3 is 9.32 Å². The van der Waals surface area contributed by atoms with Crippen molar-refractivity contribution in [2.24, 2.45) is 0 Å². The Morgan fingerprint density at radius 1 is 1.19 bits per heavy atom. The Bertz CT molecular complexity index is 1210. The van der Waals surface area contributed by atoms with E-state index in [4.69, 9.17) is 16.0 Å². The van der Waals surface area contributed by atoms with Gasteiger partial charge in [-0.15, -0.1) is 0 Å². The number of nitrogens with one attached hydrogen (secondary N) is 1. The SMILES string of the molecule is O=C1CCC(c2cccc(-c3ccc4c(c3)CC(=O)N4Cc3cocn3)c2Cl)C(=O)N1. The molecule has 7 nitrogen and oxygen atoms in total. The van der Waals surface area contributed by atoms with Crippen LogP contribution in [0.1, 0.15) is 35.6 Å². The number of halogens is 1. The Morgan fingerprint density at radius 2 is 2.06 bits per heavy atom. The lowest BCUT2D eigenvalue weighted by molar-refractivity contribution is -0.134. The monoisotopic (exact) mass is 435 g/mol. The second-order valence-corrected chi connectivity index (χ2v) is 8.07. The molecule has 1 fully saturated rings. The zero-order chi connectivity index (χ0) is 21.5. The Hall–Kier alpha value is -3.45. The van der Waals surface area contributed by atoms with Crippen molar-refractivity contribution < 1.29 is 18.8 Å². The molecule has 1 atom stereocenters. The van der Waals surface area contributed by atoms with E-state index in [9.17, 15) is 14.4 Å². The summed E-state index contributed by atoms with van der Waals surface area (Å²) in [5.74, 6) is -1.04. The zero-order valence-corrected chi connectivity index (χ0v) is 17.2. The summed E-state index contributed by atoms with van der Waals surface area (Å²) in [5.41, 5.74) is 4.80. The number of amides is 3. The van der Waals surface area contributed by atoms with Gasteiger partial charge in [0.15, 0.2) is 6.39 Å². The topological polar surface area (TPSA) is 92.5 Å². The molecule has 3 aromatic rings. The third-order valence-corrected chi connectivity index (χ3v) is 6.19. The minimum Gasteiger partial charge on any atom is -0.451 e. The smallest absolute Gasteiger partial charge is 0.234 e. The summed E-state index contributed by atoms with van der Waals surface area (Å²) >= 11 is 6.72. The van der Waals surface area contributed by atoms with Crippen molar-refractivity contribution >= 4 is 35.0 Å². The van der Waals surface area contributed by atoms with Gasteiger partial charge in [0.25, 0.3) is 0 Å². The molecular weight excluding hydrogens is 418 g/mol. The Kier molecular flexibility index (Phi) is 4.82. The van der Waals surface area contributed by atoms with Gasteiger partial charge in [0, 0.05) is 17.7 Å². The lowest BCUT2D eigenvalue weighted by Gasteiger charge is -2.23. The minimum atomic E-state index is -0.459. The first kappa shape index (κ1) is 19.5. The summed E-state index contributed by atoms with van der Waals surface area (Å²) in [4.78, 5) is 42.2. The molecule has 2 aliphatic rings. The van der Waals surface area contributed by atoms with Crippen molar-refractivity contribution in [3.05, 3.63) is 70.9 Å². The van der Waals surface area contributed by atoms with Gasteiger partial charge in [0.1, 0.15) is 6.26 Å². The number of carbonyl (C=O) groups excluding carboxylic acids is 3. The van der Waals surface area contributed by atoms with Gasteiger partial charge in [-0.3, -0.25) is 19.7 Å². The number of anilines is 1. The lowest BCUT2D eigenvalue weighted by atomic mass is 9.88. The number of piperidine rings is 1. The highest BCUT2D eigenvalue weighted by Gasteiger charge is 2.31. The fourth-order valence-electron chi connectivity index (χ4n) is 4.23. The largest absolute Gasteiger partial charge is 0.451 e. The number of rotatable bonds is 4. The summed E-state index contributed by atoms with van der Waals surface area (Å²) in [5, 5.41) is 2.87.